The molecule has 1 atom stereocenters. The van der Waals surface area contributed by atoms with E-state index in [1.807, 2.05) is 6.07 Å². The predicted octanol–water partition coefficient (Wildman–Crippen LogP) is 3.64. The number of halogens is 2. The summed E-state index contributed by atoms with van der Waals surface area (Å²) >= 11 is 6.23. The van der Waals surface area contributed by atoms with Crippen LogP contribution in [0.1, 0.15) is 6.42 Å². The number of pyridine rings is 1. The summed E-state index contributed by atoms with van der Waals surface area (Å²) in [6.45, 7) is 1.72. The van der Waals surface area contributed by atoms with Crippen LogP contribution in [0.25, 0.3) is 33.3 Å². The zero-order valence-electron chi connectivity index (χ0n) is 14.8. The Labute approximate surface area is 164 Å². The fourth-order valence-corrected chi connectivity index (χ4v) is 3.90. The largest absolute Gasteiger partial charge is 0.380 e. The maximum absolute atomic E-state index is 13.6. The van der Waals surface area contributed by atoms with Crippen LogP contribution in [0.15, 0.2) is 41.2 Å². The van der Waals surface area contributed by atoms with Gasteiger partial charge in [0.25, 0.3) is 5.56 Å². The molecule has 142 valence electrons. The van der Waals surface area contributed by atoms with Gasteiger partial charge in [-0.15, -0.1) is 0 Å². The lowest BCUT2D eigenvalue weighted by Crippen LogP contribution is -2.24. The number of hydrogen-bond acceptors (Lipinski definition) is 4. The van der Waals surface area contributed by atoms with E-state index in [2.05, 4.69) is 25.6 Å². The Balaban J connectivity index is 1.77. The van der Waals surface area contributed by atoms with Crippen molar-refractivity contribution in [3.05, 3.63) is 57.6 Å². The molecule has 0 spiro atoms. The van der Waals surface area contributed by atoms with Crippen LogP contribution in [0.5, 0.6) is 0 Å². The molecule has 8 heteroatoms. The Hall–Kier alpha value is -2.90. The monoisotopic (exact) mass is 397 g/mol. The van der Waals surface area contributed by atoms with E-state index in [-0.39, 0.29) is 17.4 Å². The molecule has 28 heavy (non-hydrogen) atoms. The first kappa shape index (κ1) is 17.2. The first-order valence-corrected chi connectivity index (χ1v) is 9.45. The molecule has 6 nitrogen and oxygen atoms in total. The zero-order valence-corrected chi connectivity index (χ0v) is 15.5. The first-order valence-electron chi connectivity index (χ1n) is 9.07. The maximum atomic E-state index is 13.6. The number of nitrogens with one attached hydrogen (secondary N) is 4. The molecule has 1 aliphatic rings. The molecule has 2 aromatic carbocycles. The number of hydrogen-bond donors (Lipinski definition) is 4. The van der Waals surface area contributed by atoms with Gasteiger partial charge in [-0.1, -0.05) is 11.6 Å². The van der Waals surface area contributed by atoms with E-state index < -0.39 is 0 Å². The number of aromatic amines is 2. The normalized spacial score (nSPS) is 16.9. The fraction of sp³-hybridized carbons (Fsp3) is 0.200. The molecule has 0 aliphatic carbocycles. The van der Waals surface area contributed by atoms with Gasteiger partial charge in [-0.2, -0.15) is 0 Å². The number of rotatable bonds is 3. The first-order chi connectivity index (χ1) is 13.6. The van der Waals surface area contributed by atoms with E-state index >= 15 is 0 Å². The molecule has 4 aromatic rings. The van der Waals surface area contributed by atoms with Crippen LogP contribution in [0.4, 0.5) is 10.1 Å². The molecule has 1 aliphatic heterocycles. The van der Waals surface area contributed by atoms with Crippen LogP contribution in [-0.4, -0.2) is 34.1 Å². The Kier molecular flexibility index (Phi) is 4.07. The van der Waals surface area contributed by atoms with E-state index in [4.69, 9.17) is 11.6 Å². The summed E-state index contributed by atoms with van der Waals surface area (Å²) in [7, 11) is 0. The van der Waals surface area contributed by atoms with Crippen molar-refractivity contribution in [2.75, 3.05) is 18.4 Å². The summed E-state index contributed by atoms with van der Waals surface area (Å²) in [6.07, 6.45) is 0.944. The van der Waals surface area contributed by atoms with Gasteiger partial charge in [0.2, 0.25) is 0 Å². The molecule has 1 saturated heterocycles. The molecular formula is C20H17ClFN5O. The van der Waals surface area contributed by atoms with Gasteiger partial charge in [0, 0.05) is 23.0 Å². The van der Waals surface area contributed by atoms with Gasteiger partial charge in [-0.05, 0) is 49.4 Å². The summed E-state index contributed by atoms with van der Waals surface area (Å²) in [5.74, 6) is 0.0227. The van der Waals surface area contributed by atoms with Gasteiger partial charge >= 0.3 is 0 Å². The van der Waals surface area contributed by atoms with Crippen LogP contribution in [0.2, 0.25) is 5.02 Å². The van der Waals surface area contributed by atoms with Gasteiger partial charge in [0.05, 0.1) is 22.2 Å². The van der Waals surface area contributed by atoms with Crippen molar-refractivity contribution in [2.24, 2.45) is 0 Å². The van der Waals surface area contributed by atoms with E-state index in [9.17, 15) is 9.18 Å². The molecule has 1 fully saturated rings. The van der Waals surface area contributed by atoms with Gasteiger partial charge in [0.1, 0.15) is 17.2 Å². The molecule has 0 unspecified atom stereocenters. The zero-order chi connectivity index (χ0) is 19.3. The van der Waals surface area contributed by atoms with Gasteiger partial charge in [0.15, 0.2) is 0 Å². The predicted molar refractivity (Wildman–Crippen MR) is 110 cm³/mol. The summed E-state index contributed by atoms with van der Waals surface area (Å²) in [5, 5.41) is 8.19. The van der Waals surface area contributed by atoms with Crippen molar-refractivity contribution in [2.45, 2.75) is 12.5 Å². The van der Waals surface area contributed by atoms with Crippen molar-refractivity contribution < 1.29 is 4.39 Å². The van der Waals surface area contributed by atoms with Gasteiger partial charge in [-0.3, -0.25) is 4.79 Å². The number of imidazole rings is 1. The van der Waals surface area contributed by atoms with Crippen LogP contribution in [0.3, 0.4) is 0 Å². The third kappa shape index (κ3) is 2.93. The summed E-state index contributed by atoms with van der Waals surface area (Å²) in [4.78, 5) is 23.5. The lowest BCUT2D eigenvalue weighted by atomic mass is 10.1. The van der Waals surface area contributed by atoms with Crippen molar-refractivity contribution >= 4 is 39.2 Å². The number of H-pyrrole nitrogens is 2. The summed E-state index contributed by atoms with van der Waals surface area (Å²) < 4.78 is 13.6. The molecule has 4 N–H and O–H groups in total. The third-order valence-electron chi connectivity index (χ3n) is 5.07. The highest BCUT2D eigenvalue weighted by Crippen LogP contribution is 2.33. The van der Waals surface area contributed by atoms with Crippen LogP contribution < -0.4 is 16.2 Å². The molecule has 0 radical (unpaired) electrons. The topological polar surface area (TPSA) is 85.6 Å². The highest BCUT2D eigenvalue weighted by atomic mass is 35.5. The average molecular weight is 398 g/mol. The number of anilines is 1. The van der Waals surface area contributed by atoms with E-state index in [0.29, 0.717) is 38.6 Å². The molecule has 0 amide bonds. The van der Waals surface area contributed by atoms with Gasteiger partial charge in [-0.25, -0.2) is 9.37 Å². The van der Waals surface area contributed by atoms with E-state index in [1.54, 1.807) is 18.2 Å². The average Bonchev–Trinajstić information content (AvgIpc) is 3.31. The smallest absolute Gasteiger partial charge is 0.261 e. The molecular weight excluding hydrogens is 381 g/mol. The molecule has 2 aromatic heterocycles. The van der Waals surface area contributed by atoms with Gasteiger partial charge < -0.3 is 20.6 Å². The summed E-state index contributed by atoms with van der Waals surface area (Å²) in [6, 6.07) is 9.84. The number of nitrogens with zero attached hydrogens (tertiary/aromatic N) is 1. The van der Waals surface area contributed by atoms with Crippen LogP contribution >= 0.6 is 11.6 Å². The van der Waals surface area contributed by atoms with Crippen LogP contribution in [0, 0.1) is 5.82 Å². The minimum absolute atomic E-state index is 0.185. The Morgan fingerprint density at radius 3 is 2.86 bits per heavy atom. The number of fused-ring (bicyclic) bond motifs is 2. The van der Waals surface area contributed by atoms with Crippen molar-refractivity contribution in [1.29, 1.82) is 0 Å². The molecule has 5 rings (SSSR count). The molecule has 3 heterocycles. The Morgan fingerprint density at radius 2 is 2.04 bits per heavy atom. The van der Waals surface area contributed by atoms with E-state index in [1.165, 1.54) is 12.1 Å². The number of benzene rings is 2. The van der Waals surface area contributed by atoms with Crippen molar-refractivity contribution in [1.82, 2.24) is 20.3 Å². The second kappa shape index (κ2) is 6.61. The molecule has 0 saturated carbocycles. The summed E-state index contributed by atoms with van der Waals surface area (Å²) in [5.41, 5.74) is 2.61. The third-order valence-corrected chi connectivity index (χ3v) is 5.30. The lowest BCUT2D eigenvalue weighted by Gasteiger charge is -2.18. The van der Waals surface area contributed by atoms with Crippen molar-refractivity contribution in [3.63, 3.8) is 0 Å². The van der Waals surface area contributed by atoms with E-state index in [0.717, 1.165) is 24.9 Å². The Morgan fingerprint density at radius 1 is 1.14 bits per heavy atom. The minimum atomic E-state index is -0.364. The maximum Gasteiger partial charge on any atom is 0.261 e. The quantitative estimate of drug-likeness (QED) is 0.425. The van der Waals surface area contributed by atoms with Crippen LogP contribution in [-0.2, 0) is 0 Å². The highest BCUT2D eigenvalue weighted by Gasteiger charge is 2.22. The minimum Gasteiger partial charge on any atom is -0.380 e. The fourth-order valence-electron chi connectivity index (χ4n) is 3.72. The standard InChI is InChI=1S/C20H17ClFN5O/c21-10-1-3-14-13(7-10)18(24-12-5-6-23-9-12)17(20(28)27-14)19-25-15-4-2-11(22)8-16(15)26-19/h1-4,7-8,12,23H,5-6,9H2,(H,25,26)(H2,24,27,28)/t12-/m0/s1. The Bertz CT molecular complexity index is 1260. The second-order valence-electron chi connectivity index (χ2n) is 6.97. The second-order valence-corrected chi connectivity index (χ2v) is 7.41. The number of aromatic nitrogens is 3. The highest BCUT2D eigenvalue weighted by molar-refractivity contribution is 6.31. The lowest BCUT2D eigenvalue weighted by molar-refractivity contribution is 0.629. The molecule has 0 bridgehead atoms. The SMILES string of the molecule is O=c1[nH]c2ccc(Cl)cc2c(N[C@H]2CCNC2)c1-c1nc2ccc(F)cc2[nH]1. The van der Waals surface area contributed by atoms with Crippen molar-refractivity contribution in [3.8, 4) is 11.4 Å².